The van der Waals surface area contributed by atoms with Gasteiger partial charge in [-0.15, -0.1) is 0 Å². The maximum Gasteiger partial charge on any atom is 0.419 e. The fraction of sp³-hybridized carbons (Fsp3) is 0.353. The molecule has 9 heteroatoms. The number of pyridine rings is 2. The molecule has 0 aromatic carbocycles. The Balaban J connectivity index is 1.68. The Labute approximate surface area is 147 Å². The van der Waals surface area contributed by atoms with Gasteiger partial charge < -0.3 is 15.3 Å². The molecule has 0 saturated carbocycles. The lowest BCUT2D eigenvalue weighted by atomic mass is 10.0. The highest BCUT2D eigenvalue weighted by molar-refractivity contribution is 5.92. The number of piperidine rings is 1. The second-order valence-corrected chi connectivity index (χ2v) is 5.97. The van der Waals surface area contributed by atoms with E-state index in [1.807, 2.05) is 0 Å². The van der Waals surface area contributed by atoms with Crippen molar-refractivity contribution < 1.29 is 23.1 Å². The summed E-state index contributed by atoms with van der Waals surface area (Å²) >= 11 is 0. The first kappa shape index (κ1) is 18.1. The summed E-state index contributed by atoms with van der Waals surface area (Å²) in [7, 11) is 0. The molecule has 2 aromatic rings. The number of β-amino-alcohol motifs (C(OH)–C–C–N with tert-alkyl or cyclic N) is 1. The highest BCUT2D eigenvalue weighted by Gasteiger charge is 2.36. The number of likely N-dealkylation sites (tertiary alicyclic amines) is 1. The molecule has 1 fully saturated rings. The van der Waals surface area contributed by atoms with Gasteiger partial charge in [-0.1, -0.05) is 6.07 Å². The Bertz CT molecular complexity index is 770. The zero-order chi connectivity index (χ0) is 18.7. The van der Waals surface area contributed by atoms with Crippen LogP contribution in [0.3, 0.4) is 0 Å². The monoisotopic (exact) mass is 366 g/mol. The molecule has 6 nitrogen and oxygen atoms in total. The van der Waals surface area contributed by atoms with Crippen molar-refractivity contribution in [1.29, 1.82) is 0 Å². The molecule has 0 aliphatic carbocycles. The fourth-order valence-electron chi connectivity index (χ4n) is 2.86. The number of anilines is 1. The van der Waals surface area contributed by atoms with Gasteiger partial charge in [0.1, 0.15) is 11.5 Å². The van der Waals surface area contributed by atoms with Crippen LogP contribution in [0.1, 0.15) is 22.5 Å². The van der Waals surface area contributed by atoms with E-state index in [0.717, 1.165) is 6.07 Å². The fourth-order valence-corrected chi connectivity index (χ4v) is 2.86. The van der Waals surface area contributed by atoms with Crippen LogP contribution in [0, 0.1) is 0 Å². The van der Waals surface area contributed by atoms with E-state index in [-0.39, 0.29) is 36.9 Å². The van der Waals surface area contributed by atoms with E-state index in [1.165, 1.54) is 23.4 Å². The summed E-state index contributed by atoms with van der Waals surface area (Å²) in [6.07, 6.45) is -2.54. The van der Waals surface area contributed by atoms with Crippen LogP contribution in [0.15, 0.2) is 42.7 Å². The number of amides is 1. The van der Waals surface area contributed by atoms with Gasteiger partial charge in [-0.25, -0.2) is 4.98 Å². The van der Waals surface area contributed by atoms with Crippen LogP contribution in [0.5, 0.6) is 0 Å². The van der Waals surface area contributed by atoms with Crippen LogP contribution in [0.2, 0.25) is 0 Å². The smallest absolute Gasteiger partial charge is 0.389 e. The van der Waals surface area contributed by atoms with Gasteiger partial charge in [-0.3, -0.25) is 9.78 Å². The predicted octanol–water partition coefficient (Wildman–Crippen LogP) is 2.18. The summed E-state index contributed by atoms with van der Waals surface area (Å²) in [6.45, 7) is 0.291. The lowest BCUT2D eigenvalue weighted by Crippen LogP contribution is -2.52. The molecular formula is C17H17F3N4O2. The number of nitrogens with zero attached hydrogens (tertiary/aromatic N) is 3. The first-order chi connectivity index (χ1) is 12.4. The normalized spacial score (nSPS) is 20.7. The molecule has 0 radical (unpaired) electrons. The minimum absolute atomic E-state index is 0.00125. The number of aromatic nitrogens is 2. The van der Waals surface area contributed by atoms with Crippen molar-refractivity contribution in [2.24, 2.45) is 0 Å². The largest absolute Gasteiger partial charge is 0.419 e. The summed E-state index contributed by atoms with van der Waals surface area (Å²) < 4.78 is 39.2. The van der Waals surface area contributed by atoms with Crippen LogP contribution in [-0.4, -0.2) is 51.1 Å². The van der Waals surface area contributed by atoms with Gasteiger partial charge in [0.2, 0.25) is 0 Å². The quantitative estimate of drug-likeness (QED) is 0.871. The van der Waals surface area contributed by atoms with Crippen molar-refractivity contribution in [3.63, 3.8) is 0 Å². The van der Waals surface area contributed by atoms with Crippen molar-refractivity contribution in [2.75, 3.05) is 18.4 Å². The number of hydrogen-bond donors (Lipinski definition) is 2. The topological polar surface area (TPSA) is 78.4 Å². The van der Waals surface area contributed by atoms with E-state index in [0.29, 0.717) is 0 Å². The summed E-state index contributed by atoms with van der Waals surface area (Å²) in [6, 6.07) is 6.44. The molecule has 0 bridgehead atoms. The standard InChI is InChI=1S/C17H17F3N4O2/c18-17(19,20)11-4-3-8-22-15(11)23-12-6-9-24(10-14(12)25)16(26)13-5-1-2-7-21-13/h1-5,7-8,12,14,25H,6,9-10H2,(H,22,23)/t12-,14-/m1/s1. The van der Waals surface area contributed by atoms with Gasteiger partial charge in [0.25, 0.3) is 5.91 Å². The Morgan fingerprint density at radius 3 is 2.62 bits per heavy atom. The third kappa shape index (κ3) is 3.93. The van der Waals surface area contributed by atoms with Crippen LogP contribution in [0.25, 0.3) is 0 Å². The van der Waals surface area contributed by atoms with E-state index in [2.05, 4.69) is 15.3 Å². The first-order valence-corrected chi connectivity index (χ1v) is 8.03. The van der Waals surface area contributed by atoms with Crippen LogP contribution < -0.4 is 5.32 Å². The Kier molecular flexibility index (Phi) is 5.08. The van der Waals surface area contributed by atoms with E-state index >= 15 is 0 Å². The molecule has 0 unspecified atom stereocenters. The maximum atomic E-state index is 13.1. The molecule has 3 heterocycles. The van der Waals surface area contributed by atoms with Crippen molar-refractivity contribution in [3.8, 4) is 0 Å². The number of carbonyl (C=O) groups is 1. The van der Waals surface area contributed by atoms with Crippen molar-refractivity contribution >= 4 is 11.7 Å². The molecule has 2 atom stereocenters. The number of nitrogens with one attached hydrogen (secondary N) is 1. The number of halogens is 3. The van der Waals surface area contributed by atoms with Crippen molar-refractivity contribution in [2.45, 2.75) is 24.7 Å². The molecule has 1 saturated heterocycles. The first-order valence-electron chi connectivity index (χ1n) is 8.03. The lowest BCUT2D eigenvalue weighted by molar-refractivity contribution is -0.137. The van der Waals surface area contributed by atoms with Crippen LogP contribution in [0.4, 0.5) is 19.0 Å². The Morgan fingerprint density at radius 1 is 1.19 bits per heavy atom. The zero-order valence-corrected chi connectivity index (χ0v) is 13.6. The molecule has 138 valence electrons. The molecule has 2 N–H and O–H groups in total. The minimum Gasteiger partial charge on any atom is -0.389 e. The molecule has 1 aliphatic rings. The van der Waals surface area contributed by atoms with Gasteiger partial charge in [-0.2, -0.15) is 13.2 Å². The summed E-state index contributed by atoms with van der Waals surface area (Å²) in [5.74, 6) is -0.648. The molecule has 26 heavy (non-hydrogen) atoms. The number of carbonyl (C=O) groups excluding carboxylic acids is 1. The van der Waals surface area contributed by atoms with Crippen LogP contribution >= 0.6 is 0 Å². The third-order valence-electron chi connectivity index (χ3n) is 4.19. The Hall–Kier alpha value is -2.68. The molecule has 2 aromatic heterocycles. The van der Waals surface area contributed by atoms with Crippen molar-refractivity contribution in [3.05, 3.63) is 54.0 Å². The summed E-state index contributed by atoms with van der Waals surface area (Å²) in [5.41, 5.74) is -0.630. The SMILES string of the molecule is O=C(c1ccccn1)N1CC[C@@H](Nc2ncccc2C(F)(F)F)[C@H](O)C1. The molecular weight excluding hydrogens is 349 g/mol. The molecule has 3 rings (SSSR count). The highest BCUT2D eigenvalue weighted by Crippen LogP contribution is 2.34. The summed E-state index contributed by atoms with van der Waals surface area (Å²) in [4.78, 5) is 21.5. The number of aliphatic hydroxyl groups excluding tert-OH is 1. The average molecular weight is 366 g/mol. The van der Waals surface area contributed by atoms with Gasteiger partial charge in [0.05, 0.1) is 17.7 Å². The van der Waals surface area contributed by atoms with Gasteiger partial charge in [-0.05, 0) is 30.7 Å². The number of hydrogen-bond acceptors (Lipinski definition) is 5. The molecule has 1 amide bonds. The summed E-state index contributed by atoms with van der Waals surface area (Å²) in [5, 5.41) is 13.0. The van der Waals surface area contributed by atoms with Gasteiger partial charge >= 0.3 is 6.18 Å². The second kappa shape index (κ2) is 7.28. The Morgan fingerprint density at radius 2 is 1.96 bits per heavy atom. The lowest BCUT2D eigenvalue weighted by Gasteiger charge is -2.36. The van der Waals surface area contributed by atoms with E-state index < -0.39 is 23.9 Å². The molecule has 0 spiro atoms. The molecule has 1 aliphatic heterocycles. The maximum absolute atomic E-state index is 13.1. The van der Waals surface area contributed by atoms with E-state index in [9.17, 15) is 23.1 Å². The third-order valence-corrected chi connectivity index (χ3v) is 4.19. The van der Waals surface area contributed by atoms with Gasteiger partial charge in [0, 0.05) is 25.5 Å². The highest BCUT2D eigenvalue weighted by atomic mass is 19.4. The minimum atomic E-state index is -4.54. The number of rotatable bonds is 3. The van der Waals surface area contributed by atoms with Crippen molar-refractivity contribution in [1.82, 2.24) is 14.9 Å². The zero-order valence-electron chi connectivity index (χ0n) is 13.6. The average Bonchev–Trinajstić information content (AvgIpc) is 2.63. The number of alkyl halides is 3. The predicted molar refractivity (Wildman–Crippen MR) is 87.4 cm³/mol. The van der Waals surface area contributed by atoms with Gasteiger partial charge in [0.15, 0.2) is 0 Å². The van der Waals surface area contributed by atoms with E-state index in [1.54, 1.807) is 18.2 Å². The van der Waals surface area contributed by atoms with Crippen LogP contribution in [-0.2, 0) is 6.18 Å². The van der Waals surface area contributed by atoms with E-state index in [4.69, 9.17) is 0 Å². The number of aliphatic hydroxyl groups is 1. The second-order valence-electron chi connectivity index (χ2n) is 5.97.